The van der Waals surface area contributed by atoms with Gasteiger partial charge in [0, 0.05) is 36.2 Å². The van der Waals surface area contributed by atoms with Crippen molar-refractivity contribution in [3.63, 3.8) is 0 Å². The van der Waals surface area contributed by atoms with Crippen LogP contribution in [0.25, 0.3) is 10.9 Å². The number of ketones is 1. The van der Waals surface area contributed by atoms with E-state index in [0.29, 0.717) is 11.9 Å². The van der Waals surface area contributed by atoms with Crippen LogP contribution < -0.4 is 5.32 Å². The van der Waals surface area contributed by atoms with E-state index >= 15 is 0 Å². The van der Waals surface area contributed by atoms with Crippen LogP contribution in [0.5, 0.6) is 0 Å². The van der Waals surface area contributed by atoms with Gasteiger partial charge >= 0.3 is 0 Å². The van der Waals surface area contributed by atoms with E-state index in [1.54, 1.807) is 12.3 Å². The topological polar surface area (TPSA) is 54.3 Å². The van der Waals surface area contributed by atoms with Gasteiger partial charge in [0.05, 0.1) is 5.56 Å². The molecule has 5 nitrogen and oxygen atoms in total. The lowest BCUT2D eigenvalue weighted by atomic mass is 10.1. The predicted molar refractivity (Wildman–Crippen MR) is 99.9 cm³/mol. The van der Waals surface area contributed by atoms with E-state index in [1.165, 1.54) is 31.4 Å². The summed E-state index contributed by atoms with van der Waals surface area (Å²) in [5.74, 6) is -1.66. The number of hydrogen-bond donors (Lipinski definition) is 1. The second-order valence-electron chi connectivity index (χ2n) is 7.19. The lowest BCUT2D eigenvalue weighted by Gasteiger charge is -2.26. The molecule has 0 bridgehead atoms. The average Bonchev–Trinajstić information content (AvgIpc) is 3.00. The number of amides is 1. The monoisotopic (exact) mass is 359 g/mol. The van der Waals surface area contributed by atoms with Crippen molar-refractivity contribution in [3.05, 3.63) is 35.8 Å². The number of benzene rings is 1. The maximum absolute atomic E-state index is 13.7. The van der Waals surface area contributed by atoms with Gasteiger partial charge in [-0.3, -0.25) is 9.59 Å². The van der Waals surface area contributed by atoms with Gasteiger partial charge < -0.3 is 14.8 Å². The van der Waals surface area contributed by atoms with Gasteiger partial charge in [-0.2, -0.15) is 0 Å². The van der Waals surface area contributed by atoms with Gasteiger partial charge in [-0.05, 0) is 58.0 Å². The Labute approximate surface area is 153 Å². The Morgan fingerprint density at radius 3 is 2.62 bits per heavy atom. The highest BCUT2D eigenvalue weighted by molar-refractivity contribution is 6.45. The van der Waals surface area contributed by atoms with Gasteiger partial charge in [0.1, 0.15) is 5.82 Å². The molecule has 0 aliphatic carbocycles. The van der Waals surface area contributed by atoms with Crippen molar-refractivity contribution in [3.8, 4) is 0 Å². The molecule has 1 fully saturated rings. The standard InChI is InChI=1S/C20H26FN3O2/c1-14(2)24-13-17(16-12-15(21)6-7-18(16)24)19(25)20(26)22-8-11-23-9-4-3-5-10-23/h6-7,12-14H,3-5,8-11H2,1-2H3,(H,22,26). The number of nitrogens with zero attached hydrogens (tertiary/aromatic N) is 2. The van der Waals surface area contributed by atoms with Gasteiger partial charge in [-0.25, -0.2) is 4.39 Å². The summed E-state index contributed by atoms with van der Waals surface area (Å²) in [7, 11) is 0. The molecule has 0 spiro atoms. The highest BCUT2D eigenvalue weighted by atomic mass is 19.1. The molecule has 1 saturated heterocycles. The first-order valence-electron chi connectivity index (χ1n) is 9.32. The van der Waals surface area contributed by atoms with Crippen LogP contribution in [0.1, 0.15) is 49.5 Å². The summed E-state index contributed by atoms with van der Waals surface area (Å²) >= 11 is 0. The molecule has 2 aromatic rings. The van der Waals surface area contributed by atoms with E-state index in [-0.39, 0.29) is 11.6 Å². The van der Waals surface area contributed by atoms with Gasteiger partial charge in [-0.15, -0.1) is 0 Å². The largest absolute Gasteiger partial charge is 0.348 e. The lowest BCUT2D eigenvalue weighted by Crippen LogP contribution is -2.39. The van der Waals surface area contributed by atoms with Crippen molar-refractivity contribution in [2.24, 2.45) is 0 Å². The number of carbonyl (C=O) groups is 2. The Morgan fingerprint density at radius 1 is 1.19 bits per heavy atom. The Bertz CT molecular complexity index is 807. The summed E-state index contributed by atoms with van der Waals surface area (Å²) in [5.41, 5.74) is 1.01. The Balaban J connectivity index is 1.72. The molecule has 6 heteroatoms. The molecule has 2 heterocycles. The smallest absolute Gasteiger partial charge is 0.292 e. The van der Waals surface area contributed by atoms with Gasteiger partial charge in [0.25, 0.3) is 11.7 Å². The Kier molecular flexibility index (Phi) is 5.71. The third-order valence-corrected chi connectivity index (χ3v) is 4.96. The predicted octanol–water partition coefficient (Wildman–Crippen LogP) is 3.15. The van der Waals surface area contributed by atoms with Crippen LogP contribution in [0.4, 0.5) is 4.39 Å². The van der Waals surface area contributed by atoms with Crippen molar-refractivity contribution < 1.29 is 14.0 Å². The van der Waals surface area contributed by atoms with E-state index in [1.807, 2.05) is 18.4 Å². The number of hydrogen-bond acceptors (Lipinski definition) is 3. The van der Waals surface area contributed by atoms with Crippen molar-refractivity contribution in [2.75, 3.05) is 26.2 Å². The minimum absolute atomic E-state index is 0.103. The molecule has 3 rings (SSSR count). The molecule has 1 aliphatic rings. The highest BCUT2D eigenvalue weighted by Gasteiger charge is 2.22. The minimum Gasteiger partial charge on any atom is -0.348 e. The molecule has 1 aromatic heterocycles. The zero-order valence-corrected chi connectivity index (χ0v) is 15.4. The molecule has 140 valence electrons. The zero-order chi connectivity index (χ0) is 18.7. The van der Waals surface area contributed by atoms with E-state index < -0.39 is 17.5 Å². The number of carbonyl (C=O) groups excluding carboxylic acids is 2. The minimum atomic E-state index is -0.630. The summed E-state index contributed by atoms with van der Waals surface area (Å²) in [6.45, 7) is 7.25. The van der Waals surface area contributed by atoms with Crippen molar-refractivity contribution in [2.45, 2.75) is 39.2 Å². The van der Waals surface area contributed by atoms with Crippen LogP contribution in [0.15, 0.2) is 24.4 Å². The van der Waals surface area contributed by atoms with Gasteiger partial charge in [0.2, 0.25) is 0 Å². The first-order valence-corrected chi connectivity index (χ1v) is 9.32. The van der Waals surface area contributed by atoms with Gasteiger partial charge in [-0.1, -0.05) is 6.42 Å². The normalized spacial score (nSPS) is 15.5. The number of rotatable bonds is 6. The number of halogens is 1. The molecular weight excluding hydrogens is 333 g/mol. The fraction of sp³-hybridized carbons (Fsp3) is 0.500. The number of Topliss-reactive ketones (excluding diaryl/α,β-unsaturated/α-hetero) is 1. The highest BCUT2D eigenvalue weighted by Crippen LogP contribution is 2.26. The number of nitrogens with one attached hydrogen (secondary N) is 1. The van der Waals surface area contributed by atoms with Crippen molar-refractivity contribution in [1.29, 1.82) is 0 Å². The van der Waals surface area contributed by atoms with Crippen LogP contribution >= 0.6 is 0 Å². The Hall–Kier alpha value is -2.21. The summed E-state index contributed by atoms with van der Waals surface area (Å²) < 4.78 is 15.6. The molecular formula is C20H26FN3O2. The molecule has 0 unspecified atom stereocenters. The SMILES string of the molecule is CC(C)n1cc(C(=O)C(=O)NCCN2CCCCC2)c2cc(F)ccc21. The lowest BCUT2D eigenvalue weighted by molar-refractivity contribution is -0.117. The molecule has 1 aromatic carbocycles. The maximum atomic E-state index is 13.7. The number of fused-ring (bicyclic) bond motifs is 1. The molecule has 0 radical (unpaired) electrons. The Morgan fingerprint density at radius 2 is 1.92 bits per heavy atom. The summed E-state index contributed by atoms with van der Waals surface area (Å²) in [6, 6.07) is 4.44. The van der Waals surface area contributed by atoms with Gasteiger partial charge in [0.15, 0.2) is 0 Å². The first-order chi connectivity index (χ1) is 12.5. The second-order valence-corrected chi connectivity index (χ2v) is 7.19. The third kappa shape index (κ3) is 3.96. The van der Waals surface area contributed by atoms with E-state index in [4.69, 9.17) is 0 Å². The zero-order valence-electron chi connectivity index (χ0n) is 15.4. The van der Waals surface area contributed by atoms with Crippen molar-refractivity contribution >= 4 is 22.6 Å². The summed E-state index contributed by atoms with van der Waals surface area (Å²) in [6.07, 6.45) is 5.29. The summed E-state index contributed by atoms with van der Waals surface area (Å²) in [4.78, 5) is 27.2. The molecule has 26 heavy (non-hydrogen) atoms. The number of likely N-dealkylation sites (tertiary alicyclic amines) is 1. The summed E-state index contributed by atoms with van der Waals surface area (Å²) in [5, 5.41) is 3.19. The number of piperidine rings is 1. The van der Waals surface area contributed by atoms with Crippen LogP contribution in [0, 0.1) is 5.82 Å². The average molecular weight is 359 g/mol. The van der Waals surface area contributed by atoms with E-state index in [2.05, 4.69) is 10.2 Å². The maximum Gasteiger partial charge on any atom is 0.292 e. The quantitative estimate of drug-likeness (QED) is 0.637. The first kappa shape index (κ1) is 18.6. The van der Waals surface area contributed by atoms with Crippen molar-refractivity contribution in [1.82, 2.24) is 14.8 Å². The fourth-order valence-corrected chi connectivity index (χ4v) is 3.55. The van der Waals surface area contributed by atoms with E-state index in [9.17, 15) is 14.0 Å². The van der Waals surface area contributed by atoms with Crippen LogP contribution in [0.3, 0.4) is 0 Å². The third-order valence-electron chi connectivity index (χ3n) is 4.96. The van der Waals surface area contributed by atoms with Crippen LogP contribution in [-0.2, 0) is 4.79 Å². The van der Waals surface area contributed by atoms with E-state index in [0.717, 1.165) is 25.2 Å². The molecule has 0 saturated carbocycles. The molecule has 1 amide bonds. The molecule has 0 atom stereocenters. The fourth-order valence-electron chi connectivity index (χ4n) is 3.55. The number of aromatic nitrogens is 1. The molecule has 1 N–H and O–H groups in total. The van der Waals surface area contributed by atoms with Crippen LogP contribution in [-0.4, -0.2) is 47.3 Å². The molecule has 1 aliphatic heterocycles. The van der Waals surface area contributed by atoms with Crippen LogP contribution in [0.2, 0.25) is 0 Å². The second kappa shape index (κ2) is 7.99.